The summed E-state index contributed by atoms with van der Waals surface area (Å²) in [5.74, 6) is -1.03. The van der Waals surface area contributed by atoms with Gasteiger partial charge in [0.15, 0.2) is 23.0 Å². The number of rotatable bonds is 11. The lowest BCUT2D eigenvalue weighted by molar-refractivity contribution is 0.400. The molecule has 0 aliphatic rings. The standard InChI is InChI=1S/C34H42O6/c1-5-9-13-19-15-23-21(11-7-3)31(37)27(35)17-25(23)33(39)29(19)30-20(14-10-6-2)16-24-22(12-8-4)32(38)28(36)18-26(24)34(30)40/h15-18,35-40H,5-14H2,1-4H3. The quantitative estimate of drug-likeness (QED) is 0.105. The fourth-order valence-electron chi connectivity index (χ4n) is 5.94. The SMILES string of the molecule is CCCCc1cc2c(CCC)c(O)c(O)cc2c(O)c1-c1c(CCCC)cc2c(CCC)c(O)c(O)cc2c1O. The summed E-state index contributed by atoms with van der Waals surface area (Å²) in [6.45, 7) is 8.18. The van der Waals surface area contributed by atoms with Crippen molar-refractivity contribution in [2.45, 2.75) is 91.9 Å². The van der Waals surface area contributed by atoms with Crippen molar-refractivity contribution >= 4 is 21.5 Å². The normalized spacial score (nSPS) is 11.6. The maximum absolute atomic E-state index is 11.9. The van der Waals surface area contributed by atoms with Crippen LogP contribution in [0.2, 0.25) is 0 Å². The van der Waals surface area contributed by atoms with E-state index in [2.05, 4.69) is 13.8 Å². The van der Waals surface area contributed by atoms with Gasteiger partial charge < -0.3 is 30.6 Å². The smallest absolute Gasteiger partial charge is 0.161 e. The predicted molar refractivity (Wildman–Crippen MR) is 162 cm³/mol. The lowest BCUT2D eigenvalue weighted by Gasteiger charge is -2.22. The van der Waals surface area contributed by atoms with Crippen LogP contribution in [-0.2, 0) is 25.7 Å². The van der Waals surface area contributed by atoms with Crippen LogP contribution in [0.3, 0.4) is 0 Å². The van der Waals surface area contributed by atoms with Crippen LogP contribution >= 0.6 is 0 Å². The van der Waals surface area contributed by atoms with E-state index < -0.39 is 0 Å². The Morgan fingerprint density at radius 3 is 1.12 bits per heavy atom. The van der Waals surface area contributed by atoms with Crippen LogP contribution in [0.1, 0.15) is 88.5 Å². The molecule has 4 aromatic carbocycles. The zero-order chi connectivity index (χ0) is 29.1. The summed E-state index contributed by atoms with van der Waals surface area (Å²) in [6, 6.07) is 6.74. The Morgan fingerprint density at radius 2 is 0.800 bits per heavy atom. The average Bonchev–Trinajstić information content (AvgIpc) is 2.93. The van der Waals surface area contributed by atoms with Gasteiger partial charge in [0.05, 0.1) is 0 Å². The molecule has 0 heterocycles. The summed E-state index contributed by atoms with van der Waals surface area (Å²) in [6.07, 6.45) is 7.46. The molecule has 40 heavy (non-hydrogen) atoms. The van der Waals surface area contributed by atoms with Crippen LogP contribution in [0.15, 0.2) is 24.3 Å². The third-order valence-electron chi connectivity index (χ3n) is 7.96. The number of hydrogen-bond donors (Lipinski definition) is 6. The molecule has 6 N–H and O–H groups in total. The zero-order valence-corrected chi connectivity index (χ0v) is 24.1. The number of aromatic hydroxyl groups is 6. The second-order valence-corrected chi connectivity index (χ2v) is 10.9. The van der Waals surface area contributed by atoms with Gasteiger partial charge in [-0.3, -0.25) is 0 Å². The van der Waals surface area contributed by atoms with Crippen molar-refractivity contribution in [1.29, 1.82) is 0 Å². The van der Waals surface area contributed by atoms with Crippen LogP contribution in [0, 0.1) is 0 Å². The largest absolute Gasteiger partial charge is 0.507 e. The molecule has 0 amide bonds. The van der Waals surface area contributed by atoms with Crippen molar-refractivity contribution in [3.63, 3.8) is 0 Å². The highest BCUT2D eigenvalue weighted by Gasteiger charge is 2.26. The summed E-state index contributed by atoms with van der Waals surface area (Å²) in [7, 11) is 0. The second-order valence-electron chi connectivity index (χ2n) is 10.9. The number of unbranched alkanes of at least 4 members (excludes halogenated alkanes) is 2. The molecule has 4 rings (SSSR count). The first-order valence-electron chi connectivity index (χ1n) is 14.6. The molecule has 6 heteroatoms. The number of benzene rings is 4. The molecular formula is C34H42O6. The van der Waals surface area contributed by atoms with E-state index in [0.717, 1.165) is 49.7 Å². The molecule has 0 aliphatic heterocycles. The number of fused-ring (bicyclic) bond motifs is 2. The first-order chi connectivity index (χ1) is 19.2. The Balaban J connectivity index is 2.18. The van der Waals surface area contributed by atoms with Crippen molar-refractivity contribution < 1.29 is 30.6 Å². The third kappa shape index (κ3) is 5.07. The Bertz CT molecular complexity index is 1440. The highest BCUT2D eigenvalue weighted by atomic mass is 16.3. The van der Waals surface area contributed by atoms with Gasteiger partial charge in [0.25, 0.3) is 0 Å². The molecule has 214 valence electrons. The van der Waals surface area contributed by atoms with Gasteiger partial charge in [0, 0.05) is 33.0 Å². The summed E-state index contributed by atoms with van der Waals surface area (Å²) in [5.41, 5.74) is 3.88. The van der Waals surface area contributed by atoms with E-state index in [0.29, 0.717) is 69.5 Å². The Labute approximate surface area is 236 Å². The molecule has 0 aliphatic carbocycles. The maximum Gasteiger partial charge on any atom is 0.161 e. The van der Waals surface area contributed by atoms with Crippen LogP contribution in [0.4, 0.5) is 0 Å². The van der Waals surface area contributed by atoms with Gasteiger partial charge in [-0.1, -0.05) is 53.4 Å². The van der Waals surface area contributed by atoms with Crippen LogP contribution in [-0.4, -0.2) is 30.6 Å². The van der Waals surface area contributed by atoms with Crippen LogP contribution < -0.4 is 0 Å². The zero-order valence-electron chi connectivity index (χ0n) is 24.1. The highest BCUT2D eigenvalue weighted by molar-refractivity contribution is 6.06. The molecule has 0 unspecified atom stereocenters. The fourth-order valence-corrected chi connectivity index (χ4v) is 5.94. The van der Waals surface area contributed by atoms with Gasteiger partial charge in [-0.05, 0) is 84.7 Å². The Morgan fingerprint density at radius 1 is 0.425 bits per heavy atom. The molecule has 0 atom stereocenters. The van der Waals surface area contributed by atoms with E-state index >= 15 is 0 Å². The molecule has 0 saturated heterocycles. The maximum atomic E-state index is 11.9. The minimum atomic E-state index is -0.294. The van der Waals surface area contributed by atoms with Gasteiger partial charge in [0.2, 0.25) is 0 Å². The average molecular weight is 547 g/mol. The first-order valence-corrected chi connectivity index (χ1v) is 14.6. The molecule has 0 radical (unpaired) electrons. The molecule has 0 saturated carbocycles. The Hall–Kier alpha value is -3.80. The molecule has 4 aromatic rings. The third-order valence-corrected chi connectivity index (χ3v) is 7.96. The number of phenolic OH excluding ortho intramolecular Hbond substituents is 6. The van der Waals surface area contributed by atoms with Crippen LogP contribution in [0.5, 0.6) is 34.5 Å². The predicted octanol–water partition coefficient (Wildman–Crippen LogP) is 8.48. The van der Waals surface area contributed by atoms with E-state index in [4.69, 9.17) is 0 Å². The van der Waals surface area contributed by atoms with Gasteiger partial charge in [-0.2, -0.15) is 0 Å². The summed E-state index contributed by atoms with van der Waals surface area (Å²) in [5, 5.41) is 68.4. The van der Waals surface area contributed by atoms with Gasteiger partial charge in [-0.15, -0.1) is 0 Å². The topological polar surface area (TPSA) is 121 Å². The lowest BCUT2D eigenvalue weighted by Crippen LogP contribution is -2.01. The van der Waals surface area contributed by atoms with E-state index in [9.17, 15) is 30.6 Å². The summed E-state index contributed by atoms with van der Waals surface area (Å²) < 4.78 is 0. The number of hydrogen-bond acceptors (Lipinski definition) is 6. The van der Waals surface area contributed by atoms with Crippen molar-refractivity contribution in [2.75, 3.05) is 0 Å². The Kier molecular flexibility index (Phi) is 8.87. The number of phenols is 6. The lowest BCUT2D eigenvalue weighted by atomic mass is 9.83. The van der Waals surface area contributed by atoms with Crippen molar-refractivity contribution in [1.82, 2.24) is 0 Å². The molecular weight excluding hydrogens is 504 g/mol. The van der Waals surface area contributed by atoms with Gasteiger partial charge in [0.1, 0.15) is 11.5 Å². The second kappa shape index (κ2) is 12.2. The fraction of sp³-hybridized carbons (Fsp3) is 0.412. The van der Waals surface area contributed by atoms with Crippen molar-refractivity contribution in [2.24, 2.45) is 0 Å². The van der Waals surface area contributed by atoms with E-state index in [1.807, 2.05) is 26.0 Å². The van der Waals surface area contributed by atoms with Crippen LogP contribution in [0.25, 0.3) is 32.7 Å². The highest BCUT2D eigenvalue weighted by Crippen LogP contribution is 2.52. The van der Waals surface area contributed by atoms with E-state index in [1.54, 1.807) is 0 Å². The molecule has 0 aromatic heterocycles. The monoisotopic (exact) mass is 546 g/mol. The molecule has 0 fully saturated rings. The molecule has 0 bridgehead atoms. The van der Waals surface area contributed by atoms with Gasteiger partial charge in [-0.25, -0.2) is 0 Å². The minimum Gasteiger partial charge on any atom is -0.507 e. The summed E-state index contributed by atoms with van der Waals surface area (Å²) >= 11 is 0. The minimum absolute atomic E-state index is 0.0552. The van der Waals surface area contributed by atoms with Crippen molar-refractivity contribution in [3.05, 3.63) is 46.5 Å². The van der Waals surface area contributed by atoms with Crippen molar-refractivity contribution in [3.8, 4) is 45.6 Å². The summed E-state index contributed by atoms with van der Waals surface area (Å²) in [4.78, 5) is 0. The molecule has 6 nitrogen and oxygen atoms in total. The van der Waals surface area contributed by atoms with E-state index in [-0.39, 0.29) is 34.5 Å². The molecule has 0 spiro atoms. The first kappa shape index (κ1) is 29.2. The van der Waals surface area contributed by atoms with E-state index in [1.165, 1.54) is 12.1 Å². The number of aryl methyl sites for hydroxylation is 4. The van der Waals surface area contributed by atoms with Gasteiger partial charge >= 0.3 is 0 Å².